The van der Waals surface area contributed by atoms with Crippen LogP contribution >= 0.6 is 11.3 Å². The second-order valence-corrected chi connectivity index (χ2v) is 4.49. The number of hydrogen-bond donors (Lipinski definition) is 2. The number of methoxy groups -OCH3 is 1. The maximum absolute atomic E-state index is 5.77. The Hall–Kier alpha value is -0.490. The Morgan fingerprint density at radius 3 is 3.07 bits per heavy atom. The first-order valence-electron chi connectivity index (χ1n) is 5.08. The second-order valence-electron chi connectivity index (χ2n) is 3.55. The van der Waals surface area contributed by atoms with Gasteiger partial charge >= 0.3 is 0 Å². The summed E-state index contributed by atoms with van der Waals surface area (Å²) in [5.41, 5.74) is 6.87. The van der Waals surface area contributed by atoms with E-state index in [1.54, 1.807) is 18.4 Å². The van der Waals surface area contributed by atoms with Gasteiger partial charge in [0.25, 0.3) is 0 Å². The van der Waals surface area contributed by atoms with Gasteiger partial charge in [0, 0.05) is 43.7 Å². The minimum absolute atomic E-state index is 0.0769. The molecule has 1 atom stereocenters. The van der Waals surface area contributed by atoms with Crippen molar-refractivity contribution in [3.05, 3.63) is 16.1 Å². The van der Waals surface area contributed by atoms with Crippen LogP contribution in [0.5, 0.6) is 0 Å². The number of thiazole rings is 1. The third-order valence-corrected chi connectivity index (χ3v) is 3.00. The second kappa shape index (κ2) is 6.90. The van der Waals surface area contributed by atoms with Crippen molar-refractivity contribution in [1.82, 2.24) is 10.3 Å². The van der Waals surface area contributed by atoms with Gasteiger partial charge in [0.1, 0.15) is 0 Å². The molecule has 0 spiro atoms. The fourth-order valence-electron chi connectivity index (χ4n) is 1.27. The number of hydrogen-bond acceptors (Lipinski definition) is 5. The first kappa shape index (κ1) is 12.6. The van der Waals surface area contributed by atoms with Crippen LogP contribution in [0.25, 0.3) is 0 Å². The summed E-state index contributed by atoms with van der Waals surface area (Å²) >= 11 is 1.71. The van der Waals surface area contributed by atoms with Crippen molar-refractivity contribution in [1.29, 1.82) is 0 Å². The van der Waals surface area contributed by atoms with E-state index >= 15 is 0 Å². The van der Waals surface area contributed by atoms with Crippen LogP contribution in [0.1, 0.15) is 10.7 Å². The topological polar surface area (TPSA) is 60.2 Å². The summed E-state index contributed by atoms with van der Waals surface area (Å²) in [6.07, 6.45) is 0.970. The third-order valence-electron chi connectivity index (χ3n) is 1.97. The van der Waals surface area contributed by atoms with E-state index in [9.17, 15) is 0 Å². The van der Waals surface area contributed by atoms with Gasteiger partial charge in [0.2, 0.25) is 0 Å². The average Bonchev–Trinajstić information content (AvgIpc) is 2.60. The molecular formula is C10H19N3OS. The summed E-state index contributed by atoms with van der Waals surface area (Å²) in [5.74, 6) is 0. The highest BCUT2D eigenvalue weighted by Crippen LogP contribution is 2.08. The van der Waals surface area contributed by atoms with Crippen LogP contribution in [0.2, 0.25) is 0 Å². The van der Waals surface area contributed by atoms with E-state index in [4.69, 9.17) is 10.5 Å². The molecule has 1 rings (SSSR count). The molecule has 0 aliphatic heterocycles. The van der Waals surface area contributed by atoms with E-state index in [0.717, 1.165) is 25.2 Å². The zero-order chi connectivity index (χ0) is 11.1. The molecular weight excluding hydrogens is 210 g/mol. The van der Waals surface area contributed by atoms with E-state index in [1.165, 1.54) is 5.01 Å². The smallest absolute Gasteiger partial charge is 0.0940 e. The first-order chi connectivity index (χ1) is 7.22. The monoisotopic (exact) mass is 229 g/mol. The minimum atomic E-state index is 0.0769. The fraction of sp³-hybridized carbons (Fsp3) is 0.700. The molecule has 0 saturated carbocycles. The summed E-state index contributed by atoms with van der Waals surface area (Å²) < 4.78 is 4.95. The third kappa shape index (κ3) is 5.22. The van der Waals surface area contributed by atoms with Crippen molar-refractivity contribution in [3.8, 4) is 0 Å². The lowest BCUT2D eigenvalue weighted by molar-refractivity contribution is 0.179. The predicted octanol–water partition coefficient (Wildman–Crippen LogP) is 0.557. The van der Waals surface area contributed by atoms with Crippen LogP contribution in [0.3, 0.4) is 0 Å². The summed E-state index contributed by atoms with van der Waals surface area (Å²) in [7, 11) is 1.66. The van der Waals surface area contributed by atoms with Gasteiger partial charge in [-0.3, -0.25) is 0 Å². The molecule has 0 saturated heterocycles. The fourth-order valence-corrected chi connectivity index (χ4v) is 2.05. The largest absolute Gasteiger partial charge is 0.383 e. The van der Waals surface area contributed by atoms with Crippen molar-refractivity contribution in [3.63, 3.8) is 0 Å². The zero-order valence-corrected chi connectivity index (χ0v) is 10.1. The number of nitrogens with zero attached hydrogens (tertiary/aromatic N) is 1. The van der Waals surface area contributed by atoms with Crippen LogP contribution in [-0.2, 0) is 11.2 Å². The van der Waals surface area contributed by atoms with Gasteiger partial charge in [0.05, 0.1) is 11.6 Å². The standard InChI is InChI=1S/C10H19N3OS/c1-8-7-15-10(13-8)3-4-12-5-9(11)6-14-2/h7,9,12H,3-6,11H2,1-2H3. The molecule has 3 N–H and O–H groups in total. The minimum Gasteiger partial charge on any atom is -0.383 e. The Bertz CT molecular complexity index is 277. The number of rotatable bonds is 7. The van der Waals surface area contributed by atoms with Gasteiger partial charge in [-0.05, 0) is 6.92 Å². The highest BCUT2D eigenvalue weighted by atomic mass is 32.1. The zero-order valence-electron chi connectivity index (χ0n) is 9.32. The van der Waals surface area contributed by atoms with Crippen LogP contribution in [-0.4, -0.2) is 37.8 Å². The lowest BCUT2D eigenvalue weighted by Crippen LogP contribution is -2.37. The summed E-state index contributed by atoms with van der Waals surface area (Å²) in [6.45, 7) is 4.33. The van der Waals surface area contributed by atoms with Gasteiger partial charge < -0.3 is 15.8 Å². The molecule has 15 heavy (non-hydrogen) atoms. The van der Waals surface area contributed by atoms with Crippen molar-refractivity contribution in [2.24, 2.45) is 5.73 Å². The molecule has 1 heterocycles. The Kier molecular flexibility index (Phi) is 5.78. The average molecular weight is 229 g/mol. The molecule has 4 nitrogen and oxygen atoms in total. The molecule has 0 bridgehead atoms. The molecule has 0 aliphatic rings. The van der Waals surface area contributed by atoms with E-state index < -0.39 is 0 Å². The van der Waals surface area contributed by atoms with Crippen molar-refractivity contribution >= 4 is 11.3 Å². The van der Waals surface area contributed by atoms with Crippen molar-refractivity contribution < 1.29 is 4.74 Å². The lowest BCUT2D eigenvalue weighted by atomic mass is 10.3. The maximum Gasteiger partial charge on any atom is 0.0940 e. The Balaban J connectivity index is 2.06. The number of nitrogens with two attached hydrogens (primary N) is 1. The van der Waals surface area contributed by atoms with E-state index in [-0.39, 0.29) is 6.04 Å². The molecule has 0 amide bonds. The highest BCUT2D eigenvalue weighted by molar-refractivity contribution is 7.09. The molecule has 0 aromatic carbocycles. The Morgan fingerprint density at radius 1 is 1.67 bits per heavy atom. The van der Waals surface area contributed by atoms with E-state index in [0.29, 0.717) is 6.61 Å². The van der Waals surface area contributed by atoms with Gasteiger partial charge in [-0.1, -0.05) is 0 Å². The van der Waals surface area contributed by atoms with E-state index in [1.807, 2.05) is 6.92 Å². The Labute approximate surface area is 94.8 Å². The number of nitrogens with one attached hydrogen (secondary N) is 1. The summed E-state index contributed by atoms with van der Waals surface area (Å²) in [6, 6.07) is 0.0769. The van der Waals surface area contributed by atoms with Crippen LogP contribution in [0, 0.1) is 6.92 Å². The lowest BCUT2D eigenvalue weighted by Gasteiger charge is -2.10. The number of aryl methyl sites for hydroxylation is 1. The number of aromatic nitrogens is 1. The van der Waals surface area contributed by atoms with Crippen molar-refractivity contribution in [2.45, 2.75) is 19.4 Å². The SMILES string of the molecule is COCC(N)CNCCc1nc(C)cs1. The van der Waals surface area contributed by atoms with Gasteiger partial charge in [-0.15, -0.1) is 11.3 Å². The molecule has 1 unspecified atom stereocenters. The molecule has 0 fully saturated rings. The van der Waals surface area contributed by atoms with Crippen molar-refractivity contribution in [2.75, 3.05) is 26.8 Å². The van der Waals surface area contributed by atoms with Gasteiger partial charge in [0.15, 0.2) is 0 Å². The molecule has 1 aromatic heterocycles. The molecule has 1 aromatic rings. The normalized spacial score (nSPS) is 13.0. The highest BCUT2D eigenvalue weighted by Gasteiger charge is 2.01. The van der Waals surface area contributed by atoms with Crippen LogP contribution in [0.4, 0.5) is 0 Å². The van der Waals surface area contributed by atoms with E-state index in [2.05, 4.69) is 15.7 Å². The first-order valence-corrected chi connectivity index (χ1v) is 5.96. The summed E-state index contributed by atoms with van der Waals surface area (Å²) in [5, 5.41) is 6.55. The predicted molar refractivity (Wildman–Crippen MR) is 63.3 cm³/mol. The van der Waals surface area contributed by atoms with Gasteiger partial charge in [-0.2, -0.15) is 0 Å². The van der Waals surface area contributed by atoms with Gasteiger partial charge in [-0.25, -0.2) is 4.98 Å². The Morgan fingerprint density at radius 2 is 2.47 bits per heavy atom. The summed E-state index contributed by atoms with van der Waals surface area (Å²) in [4.78, 5) is 4.39. The number of ether oxygens (including phenoxy) is 1. The molecule has 86 valence electrons. The van der Waals surface area contributed by atoms with Crippen LogP contribution < -0.4 is 11.1 Å². The van der Waals surface area contributed by atoms with Crippen LogP contribution in [0.15, 0.2) is 5.38 Å². The maximum atomic E-state index is 5.77. The quantitative estimate of drug-likeness (QED) is 0.671. The molecule has 0 radical (unpaired) electrons. The molecule has 5 heteroatoms. The molecule has 0 aliphatic carbocycles.